The number of hydrogen-bond donors (Lipinski definition) is 1. The van der Waals surface area contributed by atoms with Crippen molar-refractivity contribution in [2.24, 2.45) is 0 Å². The first-order chi connectivity index (χ1) is 12.4. The third-order valence-corrected chi connectivity index (χ3v) is 6.29. The number of aromatic nitrogens is 2. The van der Waals surface area contributed by atoms with Crippen molar-refractivity contribution in [2.75, 3.05) is 18.6 Å². The second-order valence-corrected chi connectivity index (χ2v) is 8.79. The van der Waals surface area contributed by atoms with Crippen molar-refractivity contribution in [3.05, 3.63) is 36.2 Å². The van der Waals surface area contributed by atoms with Crippen LogP contribution in [0.4, 0.5) is 4.79 Å². The summed E-state index contributed by atoms with van der Waals surface area (Å²) < 4.78 is 28.3. The molecule has 1 aromatic heterocycles. The van der Waals surface area contributed by atoms with Crippen LogP contribution in [0.15, 0.2) is 34.9 Å². The van der Waals surface area contributed by atoms with Crippen molar-refractivity contribution < 1.29 is 17.7 Å². The molecule has 1 aromatic carbocycles. The van der Waals surface area contributed by atoms with Crippen molar-refractivity contribution in [2.45, 2.75) is 31.8 Å². The lowest BCUT2D eigenvalue weighted by molar-refractivity contribution is 0.180. The van der Waals surface area contributed by atoms with E-state index in [9.17, 15) is 13.2 Å². The monoisotopic (exact) mass is 378 g/mol. The molecule has 1 N–H and O–H groups in total. The van der Waals surface area contributed by atoms with Crippen LogP contribution in [0.3, 0.4) is 0 Å². The van der Waals surface area contributed by atoms with Crippen molar-refractivity contribution in [1.82, 2.24) is 20.4 Å². The topological polar surface area (TPSA) is 105 Å². The quantitative estimate of drug-likeness (QED) is 0.872. The molecule has 1 saturated heterocycles. The molecule has 1 aliphatic rings. The minimum atomic E-state index is -2.96. The molecule has 9 heteroatoms. The van der Waals surface area contributed by atoms with Crippen molar-refractivity contribution in [3.63, 3.8) is 0 Å². The van der Waals surface area contributed by atoms with E-state index in [0.717, 1.165) is 5.56 Å². The van der Waals surface area contributed by atoms with Crippen LogP contribution < -0.4 is 5.32 Å². The maximum absolute atomic E-state index is 12.4. The fourth-order valence-electron chi connectivity index (χ4n) is 2.90. The van der Waals surface area contributed by atoms with Gasteiger partial charge in [-0.05, 0) is 19.8 Å². The molecule has 140 valence electrons. The van der Waals surface area contributed by atoms with Crippen molar-refractivity contribution >= 4 is 15.9 Å². The highest BCUT2D eigenvalue weighted by atomic mass is 32.2. The summed E-state index contributed by atoms with van der Waals surface area (Å²) in [6.07, 6.45) is 0.915. The average molecular weight is 378 g/mol. The van der Waals surface area contributed by atoms with E-state index in [-0.39, 0.29) is 23.6 Å². The van der Waals surface area contributed by atoms with Gasteiger partial charge in [0, 0.05) is 18.7 Å². The first kappa shape index (κ1) is 18.4. The number of amides is 2. The SMILES string of the molecule is C[C@H](NC(=O)N(C)C1CCS(=O)(=O)CC1)c1nc(-c2ccccc2)no1. The van der Waals surface area contributed by atoms with Gasteiger partial charge in [-0.3, -0.25) is 0 Å². The Labute approximate surface area is 152 Å². The Kier molecular flexibility index (Phi) is 5.26. The number of sulfone groups is 1. The van der Waals surface area contributed by atoms with Crippen LogP contribution in [-0.4, -0.2) is 54.1 Å². The standard InChI is InChI=1S/C17H22N4O4S/c1-12(16-19-15(20-25-16)13-6-4-3-5-7-13)18-17(22)21(2)14-8-10-26(23,24)11-9-14/h3-7,12,14H,8-11H2,1-2H3,(H,18,22)/t12-/m0/s1. The number of nitrogens with zero attached hydrogens (tertiary/aromatic N) is 3. The zero-order valence-corrected chi connectivity index (χ0v) is 15.6. The Morgan fingerprint density at radius 2 is 1.92 bits per heavy atom. The molecule has 8 nitrogen and oxygen atoms in total. The number of nitrogens with one attached hydrogen (secondary N) is 1. The Morgan fingerprint density at radius 3 is 2.58 bits per heavy atom. The van der Waals surface area contributed by atoms with Crippen LogP contribution in [0.5, 0.6) is 0 Å². The van der Waals surface area contributed by atoms with E-state index < -0.39 is 15.9 Å². The molecule has 0 saturated carbocycles. The van der Waals surface area contributed by atoms with Gasteiger partial charge in [0.1, 0.15) is 15.9 Å². The predicted molar refractivity (Wildman–Crippen MR) is 96.1 cm³/mol. The van der Waals surface area contributed by atoms with E-state index in [4.69, 9.17) is 4.52 Å². The highest BCUT2D eigenvalue weighted by molar-refractivity contribution is 7.91. The van der Waals surface area contributed by atoms with Gasteiger partial charge in [-0.2, -0.15) is 4.98 Å². The second kappa shape index (κ2) is 7.45. The molecule has 2 amide bonds. The lowest BCUT2D eigenvalue weighted by atomic mass is 10.1. The first-order valence-electron chi connectivity index (χ1n) is 8.48. The largest absolute Gasteiger partial charge is 0.337 e. The predicted octanol–water partition coefficient (Wildman–Crippen LogP) is 2.02. The Hall–Kier alpha value is -2.42. The fraction of sp³-hybridized carbons (Fsp3) is 0.471. The van der Waals surface area contributed by atoms with Gasteiger partial charge in [0.2, 0.25) is 11.7 Å². The van der Waals surface area contributed by atoms with Crippen LogP contribution in [0.1, 0.15) is 31.7 Å². The van der Waals surface area contributed by atoms with Gasteiger partial charge < -0.3 is 14.7 Å². The molecule has 1 atom stereocenters. The fourth-order valence-corrected chi connectivity index (χ4v) is 4.36. The number of hydrogen-bond acceptors (Lipinski definition) is 6. The van der Waals surface area contributed by atoms with Gasteiger partial charge in [0.25, 0.3) is 0 Å². The van der Waals surface area contributed by atoms with Crippen molar-refractivity contribution in [3.8, 4) is 11.4 Å². The van der Waals surface area contributed by atoms with E-state index in [1.807, 2.05) is 30.3 Å². The Balaban J connectivity index is 1.60. The van der Waals surface area contributed by atoms with Gasteiger partial charge in [-0.15, -0.1) is 0 Å². The Morgan fingerprint density at radius 1 is 1.27 bits per heavy atom. The first-order valence-corrected chi connectivity index (χ1v) is 10.3. The van der Waals surface area contributed by atoms with Gasteiger partial charge >= 0.3 is 6.03 Å². The van der Waals surface area contributed by atoms with E-state index in [0.29, 0.717) is 24.6 Å². The summed E-state index contributed by atoms with van der Waals surface area (Å²) in [5.41, 5.74) is 0.835. The molecule has 2 heterocycles. The van der Waals surface area contributed by atoms with Crippen LogP contribution >= 0.6 is 0 Å². The summed E-state index contributed by atoms with van der Waals surface area (Å²) >= 11 is 0. The number of carbonyl (C=O) groups excluding carboxylic acids is 1. The second-order valence-electron chi connectivity index (χ2n) is 6.49. The molecule has 0 unspecified atom stereocenters. The van der Waals surface area contributed by atoms with E-state index >= 15 is 0 Å². The lowest BCUT2D eigenvalue weighted by Crippen LogP contribution is -2.47. The van der Waals surface area contributed by atoms with E-state index in [1.165, 1.54) is 0 Å². The zero-order valence-electron chi connectivity index (χ0n) is 14.8. The minimum absolute atomic E-state index is 0.0895. The summed E-state index contributed by atoms with van der Waals surface area (Å²) in [7, 11) is -1.28. The molecule has 3 rings (SSSR count). The normalized spacial score (nSPS) is 18.2. The van der Waals surface area contributed by atoms with Crippen LogP contribution in [0.25, 0.3) is 11.4 Å². The molecule has 26 heavy (non-hydrogen) atoms. The van der Waals surface area contributed by atoms with Crippen molar-refractivity contribution in [1.29, 1.82) is 0 Å². The molecule has 0 radical (unpaired) electrons. The molecule has 2 aromatic rings. The average Bonchev–Trinajstić information content (AvgIpc) is 3.12. The number of rotatable bonds is 4. The summed E-state index contributed by atoms with van der Waals surface area (Å²) in [5.74, 6) is 1.02. The summed E-state index contributed by atoms with van der Waals surface area (Å²) in [6.45, 7) is 1.76. The van der Waals surface area contributed by atoms with Crippen LogP contribution in [0.2, 0.25) is 0 Å². The van der Waals surface area contributed by atoms with Gasteiger partial charge in [-0.25, -0.2) is 13.2 Å². The number of carbonyl (C=O) groups is 1. The zero-order chi connectivity index (χ0) is 18.7. The third-order valence-electron chi connectivity index (χ3n) is 4.58. The maximum atomic E-state index is 12.4. The highest BCUT2D eigenvalue weighted by Gasteiger charge is 2.29. The van der Waals surface area contributed by atoms with Crippen LogP contribution in [0, 0.1) is 0 Å². The third kappa shape index (κ3) is 4.21. The molecule has 0 bridgehead atoms. The number of benzene rings is 1. The molecular weight excluding hydrogens is 356 g/mol. The molecule has 0 aliphatic carbocycles. The summed E-state index contributed by atoms with van der Waals surface area (Å²) in [6, 6.07) is 8.59. The molecule has 0 spiro atoms. The van der Waals surface area contributed by atoms with Gasteiger partial charge in [0.15, 0.2) is 0 Å². The lowest BCUT2D eigenvalue weighted by Gasteiger charge is -2.31. The highest BCUT2D eigenvalue weighted by Crippen LogP contribution is 2.20. The number of urea groups is 1. The van der Waals surface area contributed by atoms with E-state index in [2.05, 4.69) is 15.5 Å². The summed E-state index contributed by atoms with van der Waals surface area (Å²) in [4.78, 5) is 18.3. The van der Waals surface area contributed by atoms with Gasteiger partial charge in [-0.1, -0.05) is 35.5 Å². The maximum Gasteiger partial charge on any atom is 0.318 e. The van der Waals surface area contributed by atoms with Crippen LogP contribution in [-0.2, 0) is 9.84 Å². The smallest absolute Gasteiger partial charge is 0.318 e. The summed E-state index contributed by atoms with van der Waals surface area (Å²) in [5, 5.41) is 6.77. The molecule has 1 fully saturated rings. The van der Waals surface area contributed by atoms with Gasteiger partial charge in [0.05, 0.1) is 11.5 Å². The molecule has 1 aliphatic heterocycles. The van der Waals surface area contributed by atoms with E-state index in [1.54, 1.807) is 18.9 Å². The minimum Gasteiger partial charge on any atom is -0.337 e. The Bertz CT molecular complexity index is 852. The molecular formula is C17H22N4O4S.